The second kappa shape index (κ2) is 7.11. The van der Waals surface area contributed by atoms with Gasteiger partial charge in [0.1, 0.15) is 6.04 Å². The minimum atomic E-state index is -0.674. The van der Waals surface area contributed by atoms with Crippen LogP contribution in [0, 0.1) is 17.8 Å². The number of rotatable bonds is 6. The van der Waals surface area contributed by atoms with Crippen molar-refractivity contribution in [3.63, 3.8) is 0 Å². The van der Waals surface area contributed by atoms with E-state index in [0.29, 0.717) is 25.4 Å². The van der Waals surface area contributed by atoms with Crippen LogP contribution in [0.4, 0.5) is 0 Å². The van der Waals surface area contributed by atoms with Crippen LogP contribution in [0.5, 0.6) is 0 Å². The van der Waals surface area contributed by atoms with Gasteiger partial charge in [0.2, 0.25) is 11.8 Å². The van der Waals surface area contributed by atoms with E-state index in [-0.39, 0.29) is 41.9 Å². The summed E-state index contributed by atoms with van der Waals surface area (Å²) in [5.41, 5.74) is 0.682. The first kappa shape index (κ1) is 18.2. The van der Waals surface area contributed by atoms with Gasteiger partial charge in [0.05, 0.1) is 6.04 Å². The van der Waals surface area contributed by atoms with Gasteiger partial charge in [0.15, 0.2) is 0 Å². The van der Waals surface area contributed by atoms with Crippen LogP contribution in [0.15, 0.2) is 23.0 Å². The van der Waals surface area contributed by atoms with Crippen LogP contribution in [0.2, 0.25) is 0 Å². The van der Waals surface area contributed by atoms with Crippen molar-refractivity contribution < 1.29 is 14.7 Å². The zero-order chi connectivity index (χ0) is 19.1. The van der Waals surface area contributed by atoms with E-state index in [1.165, 1.54) is 6.07 Å². The molecule has 0 unspecified atom stereocenters. The Morgan fingerprint density at radius 2 is 2.07 bits per heavy atom. The minimum absolute atomic E-state index is 0.0372. The van der Waals surface area contributed by atoms with Crippen LogP contribution in [0.1, 0.15) is 44.3 Å². The van der Waals surface area contributed by atoms with Gasteiger partial charge < -0.3 is 19.9 Å². The molecule has 1 saturated carbocycles. The summed E-state index contributed by atoms with van der Waals surface area (Å²) in [6, 6.07) is 4.09. The van der Waals surface area contributed by atoms with Crippen molar-refractivity contribution >= 4 is 11.8 Å². The highest BCUT2D eigenvalue weighted by Gasteiger charge is 2.57. The fourth-order valence-corrected chi connectivity index (χ4v) is 4.74. The van der Waals surface area contributed by atoms with Gasteiger partial charge in [0, 0.05) is 49.7 Å². The van der Waals surface area contributed by atoms with Crippen LogP contribution in [0.25, 0.3) is 0 Å². The summed E-state index contributed by atoms with van der Waals surface area (Å²) in [4.78, 5) is 40.0. The first-order chi connectivity index (χ1) is 13.1. The highest BCUT2D eigenvalue weighted by atomic mass is 16.3. The van der Waals surface area contributed by atoms with E-state index in [0.717, 1.165) is 25.0 Å². The zero-order valence-corrected chi connectivity index (χ0v) is 15.6. The maximum atomic E-state index is 13.2. The molecule has 2 N–H and O–H groups in total. The molecule has 0 bridgehead atoms. The van der Waals surface area contributed by atoms with Crippen LogP contribution >= 0.6 is 0 Å². The number of carbonyl (C=O) groups is 2. The van der Waals surface area contributed by atoms with Crippen LogP contribution in [-0.4, -0.2) is 45.6 Å². The Hall–Kier alpha value is -2.15. The third-order valence-electron chi connectivity index (χ3n) is 6.22. The lowest BCUT2D eigenvalue weighted by Crippen LogP contribution is -2.50. The average Bonchev–Trinajstić information content (AvgIpc) is 3.28. The Labute approximate surface area is 158 Å². The molecule has 3 aliphatic rings. The number of pyridine rings is 1. The topological polar surface area (TPSA) is 91.6 Å². The minimum Gasteiger partial charge on any atom is -0.396 e. The first-order valence-corrected chi connectivity index (χ1v) is 9.96. The number of likely N-dealkylation sites (tertiary alicyclic amines) is 1. The second-order valence-corrected chi connectivity index (χ2v) is 8.04. The Bertz CT molecular complexity index is 801. The van der Waals surface area contributed by atoms with E-state index in [1.54, 1.807) is 15.5 Å². The molecule has 4 rings (SSSR count). The van der Waals surface area contributed by atoms with Gasteiger partial charge in [-0.3, -0.25) is 14.4 Å². The summed E-state index contributed by atoms with van der Waals surface area (Å²) in [6.45, 7) is 2.78. The number of hydrogen-bond donors (Lipinski definition) is 2. The Morgan fingerprint density at radius 1 is 1.30 bits per heavy atom. The van der Waals surface area contributed by atoms with Crippen LogP contribution in [0.3, 0.4) is 0 Å². The SMILES string of the molecule is CCCNC(=O)[C@H]1[C@H](CO)[C@H]2Cn3c(cccc3=O)[C@H]2N1C(=O)CC1CC1. The van der Waals surface area contributed by atoms with Gasteiger partial charge in [-0.1, -0.05) is 13.0 Å². The van der Waals surface area contributed by atoms with Crippen molar-refractivity contribution in [1.29, 1.82) is 0 Å². The van der Waals surface area contributed by atoms with Crippen molar-refractivity contribution in [3.8, 4) is 0 Å². The molecule has 27 heavy (non-hydrogen) atoms. The van der Waals surface area contributed by atoms with E-state index in [4.69, 9.17) is 0 Å². The lowest BCUT2D eigenvalue weighted by Gasteiger charge is -2.31. The number of aliphatic hydroxyl groups is 1. The molecule has 146 valence electrons. The van der Waals surface area contributed by atoms with Crippen molar-refractivity contribution in [2.45, 2.75) is 51.2 Å². The van der Waals surface area contributed by atoms with E-state index < -0.39 is 6.04 Å². The van der Waals surface area contributed by atoms with E-state index >= 15 is 0 Å². The first-order valence-electron chi connectivity index (χ1n) is 9.96. The molecule has 1 aromatic heterocycles. The fourth-order valence-electron chi connectivity index (χ4n) is 4.74. The Morgan fingerprint density at radius 3 is 2.74 bits per heavy atom. The molecule has 0 aromatic carbocycles. The van der Waals surface area contributed by atoms with Gasteiger partial charge in [-0.15, -0.1) is 0 Å². The third kappa shape index (κ3) is 3.08. The summed E-state index contributed by atoms with van der Waals surface area (Å²) in [6.07, 6.45) is 3.36. The number of nitrogens with one attached hydrogen (secondary N) is 1. The molecule has 4 atom stereocenters. The maximum Gasteiger partial charge on any atom is 0.250 e. The summed E-state index contributed by atoms with van der Waals surface area (Å²) in [5.74, 6) is -0.313. The molecule has 3 heterocycles. The Kier molecular flexibility index (Phi) is 4.80. The van der Waals surface area contributed by atoms with E-state index in [9.17, 15) is 19.5 Å². The van der Waals surface area contributed by atoms with Gasteiger partial charge >= 0.3 is 0 Å². The normalized spacial score (nSPS) is 28.7. The molecule has 2 aliphatic heterocycles. The summed E-state index contributed by atoms with van der Waals surface area (Å²) < 4.78 is 1.69. The number of amides is 2. The highest BCUT2D eigenvalue weighted by Crippen LogP contribution is 2.50. The number of aliphatic hydroxyl groups excluding tert-OH is 1. The van der Waals surface area contributed by atoms with Gasteiger partial charge in [-0.05, 0) is 31.2 Å². The highest BCUT2D eigenvalue weighted by molar-refractivity contribution is 5.89. The molecule has 7 nitrogen and oxygen atoms in total. The summed E-state index contributed by atoms with van der Waals surface area (Å²) >= 11 is 0. The number of nitrogens with zero attached hydrogens (tertiary/aromatic N) is 2. The standard InChI is InChI=1S/C20H27N3O4/c1-2-8-21-20(27)19-14(11-24)13-10-22-15(4-3-5-16(22)25)18(13)23(19)17(26)9-12-6-7-12/h3-5,12-14,18-19,24H,2,6-11H2,1H3,(H,21,27)/t13-,14-,18+,19-/m1/s1. The quantitative estimate of drug-likeness (QED) is 0.767. The molecule has 1 saturated heterocycles. The third-order valence-corrected chi connectivity index (χ3v) is 6.22. The maximum absolute atomic E-state index is 13.2. The predicted molar refractivity (Wildman–Crippen MR) is 98.8 cm³/mol. The van der Waals surface area contributed by atoms with Gasteiger partial charge in [-0.2, -0.15) is 0 Å². The molecule has 7 heteroatoms. The number of fused-ring (bicyclic) bond motifs is 3. The monoisotopic (exact) mass is 373 g/mol. The van der Waals surface area contributed by atoms with Gasteiger partial charge in [-0.25, -0.2) is 0 Å². The van der Waals surface area contributed by atoms with Crippen LogP contribution in [-0.2, 0) is 16.1 Å². The largest absolute Gasteiger partial charge is 0.396 e. The van der Waals surface area contributed by atoms with Crippen molar-refractivity contribution in [1.82, 2.24) is 14.8 Å². The summed E-state index contributed by atoms with van der Waals surface area (Å²) in [5, 5.41) is 13.0. The molecular formula is C20H27N3O4. The average molecular weight is 373 g/mol. The number of carbonyl (C=O) groups excluding carboxylic acids is 2. The summed E-state index contributed by atoms with van der Waals surface area (Å²) in [7, 11) is 0. The second-order valence-electron chi connectivity index (χ2n) is 8.04. The lowest BCUT2D eigenvalue weighted by atomic mass is 9.88. The predicted octanol–water partition coefficient (Wildman–Crippen LogP) is 0.665. The van der Waals surface area contributed by atoms with Crippen molar-refractivity contribution in [2.24, 2.45) is 17.8 Å². The fraction of sp³-hybridized carbons (Fsp3) is 0.650. The molecule has 2 amide bonds. The number of hydrogen-bond acceptors (Lipinski definition) is 4. The van der Waals surface area contributed by atoms with Crippen molar-refractivity contribution in [3.05, 3.63) is 34.2 Å². The Balaban J connectivity index is 1.73. The van der Waals surface area contributed by atoms with Crippen LogP contribution < -0.4 is 10.9 Å². The molecular weight excluding hydrogens is 346 g/mol. The molecule has 0 spiro atoms. The smallest absolute Gasteiger partial charge is 0.250 e. The molecule has 1 aliphatic carbocycles. The zero-order valence-electron chi connectivity index (χ0n) is 15.6. The molecule has 1 aromatic rings. The number of aromatic nitrogens is 1. The van der Waals surface area contributed by atoms with E-state index in [1.807, 2.05) is 13.0 Å². The lowest BCUT2D eigenvalue weighted by molar-refractivity contribution is -0.142. The molecule has 0 radical (unpaired) electrons. The van der Waals surface area contributed by atoms with E-state index in [2.05, 4.69) is 5.32 Å². The molecule has 2 fully saturated rings. The van der Waals surface area contributed by atoms with Gasteiger partial charge in [0.25, 0.3) is 5.56 Å². The van der Waals surface area contributed by atoms with Crippen molar-refractivity contribution in [2.75, 3.05) is 13.2 Å².